The quantitative estimate of drug-likeness (QED) is 0.609. The van der Waals surface area contributed by atoms with Gasteiger partial charge in [-0.2, -0.15) is 8.42 Å². The molecule has 0 aliphatic carbocycles. The maximum absolute atomic E-state index is 12.0. The van der Waals surface area contributed by atoms with Crippen LogP contribution in [-0.4, -0.2) is 41.4 Å². The number of hydrogen-bond donors (Lipinski definition) is 2. The SMILES string of the molecule is Cc1nnc(-c2cccc(C(=O)NCCCS(=O)(=O)O)c2)s1. The van der Waals surface area contributed by atoms with Gasteiger partial charge in [-0.3, -0.25) is 9.35 Å². The molecule has 9 heteroatoms. The highest BCUT2D eigenvalue weighted by Gasteiger charge is 2.10. The Morgan fingerprint density at radius 1 is 1.36 bits per heavy atom. The van der Waals surface area contributed by atoms with E-state index in [1.54, 1.807) is 18.2 Å². The monoisotopic (exact) mass is 341 g/mol. The molecule has 0 radical (unpaired) electrons. The number of rotatable bonds is 6. The van der Waals surface area contributed by atoms with Crippen LogP contribution in [0.2, 0.25) is 0 Å². The molecule has 1 heterocycles. The number of nitrogens with one attached hydrogen (secondary N) is 1. The van der Waals surface area contributed by atoms with Crippen LogP contribution in [0.1, 0.15) is 21.8 Å². The summed E-state index contributed by atoms with van der Waals surface area (Å²) in [5, 5.41) is 12.2. The lowest BCUT2D eigenvalue weighted by Crippen LogP contribution is -2.25. The number of amides is 1. The number of benzene rings is 1. The molecule has 0 unspecified atom stereocenters. The van der Waals surface area contributed by atoms with Crippen LogP contribution in [0.25, 0.3) is 10.6 Å². The lowest BCUT2D eigenvalue weighted by atomic mass is 10.1. The minimum atomic E-state index is -3.99. The van der Waals surface area contributed by atoms with Crippen LogP contribution in [0.3, 0.4) is 0 Å². The third kappa shape index (κ3) is 4.86. The van der Waals surface area contributed by atoms with Crippen LogP contribution < -0.4 is 5.32 Å². The first-order valence-corrected chi connectivity index (χ1v) is 8.91. The van der Waals surface area contributed by atoms with Crippen molar-refractivity contribution in [2.45, 2.75) is 13.3 Å². The van der Waals surface area contributed by atoms with Gasteiger partial charge in [-0.1, -0.05) is 23.5 Å². The molecule has 2 N–H and O–H groups in total. The smallest absolute Gasteiger partial charge is 0.264 e. The predicted octanol–water partition coefficient (Wildman–Crippen LogP) is 1.52. The van der Waals surface area contributed by atoms with Crippen molar-refractivity contribution in [3.8, 4) is 10.6 Å². The van der Waals surface area contributed by atoms with Gasteiger partial charge in [-0.15, -0.1) is 10.2 Å². The molecule has 1 amide bonds. The second-order valence-electron chi connectivity index (χ2n) is 4.60. The van der Waals surface area contributed by atoms with Crippen LogP contribution in [0.5, 0.6) is 0 Å². The van der Waals surface area contributed by atoms with Crippen molar-refractivity contribution in [2.75, 3.05) is 12.3 Å². The summed E-state index contributed by atoms with van der Waals surface area (Å²) >= 11 is 1.44. The van der Waals surface area contributed by atoms with Gasteiger partial charge in [0.15, 0.2) is 0 Å². The zero-order valence-electron chi connectivity index (χ0n) is 11.8. The molecule has 2 aromatic rings. The van der Waals surface area contributed by atoms with Gasteiger partial charge in [0.2, 0.25) is 0 Å². The summed E-state index contributed by atoms with van der Waals surface area (Å²) in [5.41, 5.74) is 1.26. The highest BCUT2D eigenvalue weighted by molar-refractivity contribution is 7.85. The largest absolute Gasteiger partial charge is 0.352 e. The Morgan fingerprint density at radius 3 is 2.77 bits per heavy atom. The van der Waals surface area contributed by atoms with E-state index in [2.05, 4.69) is 15.5 Å². The first-order valence-electron chi connectivity index (χ1n) is 6.49. The van der Waals surface area contributed by atoms with Gasteiger partial charge in [0.05, 0.1) is 5.75 Å². The molecule has 118 valence electrons. The van der Waals surface area contributed by atoms with Crippen molar-refractivity contribution in [1.82, 2.24) is 15.5 Å². The van der Waals surface area contributed by atoms with Gasteiger partial charge in [-0.05, 0) is 25.5 Å². The Hall–Kier alpha value is -1.84. The topological polar surface area (TPSA) is 109 Å². The number of carbonyl (C=O) groups excluding carboxylic acids is 1. The van der Waals surface area contributed by atoms with Gasteiger partial charge in [0.1, 0.15) is 10.0 Å². The molecule has 0 spiro atoms. The summed E-state index contributed by atoms with van der Waals surface area (Å²) in [6.07, 6.45) is 0.153. The summed E-state index contributed by atoms with van der Waals surface area (Å²) in [6, 6.07) is 6.96. The summed E-state index contributed by atoms with van der Waals surface area (Å²) in [6.45, 7) is 2.02. The fraction of sp³-hybridized carbons (Fsp3) is 0.308. The lowest BCUT2D eigenvalue weighted by molar-refractivity contribution is 0.0953. The van der Waals surface area contributed by atoms with Crippen LogP contribution in [0.15, 0.2) is 24.3 Å². The van der Waals surface area contributed by atoms with Crippen molar-refractivity contribution in [1.29, 1.82) is 0 Å². The second-order valence-corrected chi connectivity index (χ2v) is 7.36. The first kappa shape index (κ1) is 16.5. The van der Waals surface area contributed by atoms with Crippen molar-refractivity contribution >= 4 is 27.4 Å². The van der Waals surface area contributed by atoms with E-state index >= 15 is 0 Å². The second kappa shape index (κ2) is 6.95. The maximum Gasteiger partial charge on any atom is 0.264 e. The molecule has 0 bridgehead atoms. The van der Waals surface area contributed by atoms with Crippen molar-refractivity contribution in [2.24, 2.45) is 0 Å². The van der Waals surface area contributed by atoms with E-state index in [9.17, 15) is 13.2 Å². The molecular formula is C13H15N3O4S2. The number of hydrogen-bond acceptors (Lipinski definition) is 6. The Balaban J connectivity index is 1.99. The van der Waals surface area contributed by atoms with E-state index in [1.165, 1.54) is 11.3 Å². The highest BCUT2D eigenvalue weighted by atomic mass is 32.2. The summed E-state index contributed by atoms with van der Waals surface area (Å²) in [5.74, 6) is -0.685. The molecule has 0 saturated carbocycles. The van der Waals surface area contributed by atoms with Crippen molar-refractivity contribution in [3.63, 3.8) is 0 Å². The molecule has 1 aromatic carbocycles. The van der Waals surface area contributed by atoms with Gasteiger partial charge >= 0.3 is 0 Å². The molecule has 22 heavy (non-hydrogen) atoms. The van der Waals surface area contributed by atoms with E-state index in [4.69, 9.17) is 4.55 Å². The van der Waals surface area contributed by atoms with Crippen LogP contribution in [0.4, 0.5) is 0 Å². The normalized spacial score (nSPS) is 11.4. The zero-order chi connectivity index (χ0) is 16.2. The summed E-state index contributed by atoms with van der Waals surface area (Å²) < 4.78 is 29.8. The van der Waals surface area contributed by atoms with E-state index < -0.39 is 10.1 Å². The standard InChI is InChI=1S/C13H15N3O4S2/c1-9-15-16-13(21-9)11-5-2-4-10(8-11)12(17)14-6-3-7-22(18,19)20/h2,4-5,8H,3,6-7H2,1H3,(H,14,17)(H,18,19,20). The van der Waals surface area contributed by atoms with E-state index in [-0.39, 0.29) is 24.6 Å². The van der Waals surface area contributed by atoms with Crippen LogP contribution in [0, 0.1) is 6.92 Å². The highest BCUT2D eigenvalue weighted by Crippen LogP contribution is 2.23. The van der Waals surface area contributed by atoms with Crippen LogP contribution in [-0.2, 0) is 10.1 Å². The predicted molar refractivity (Wildman–Crippen MR) is 83.4 cm³/mol. The molecule has 7 nitrogen and oxygen atoms in total. The van der Waals surface area contributed by atoms with Crippen molar-refractivity contribution < 1.29 is 17.8 Å². The summed E-state index contributed by atoms with van der Waals surface area (Å²) in [4.78, 5) is 12.0. The van der Waals surface area contributed by atoms with E-state index in [1.807, 2.05) is 13.0 Å². The molecule has 2 rings (SSSR count). The van der Waals surface area contributed by atoms with E-state index in [0.717, 1.165) is 15.6 Å². The fourth-order valence-corrected chi connectivity index (χ4v) is 2.96. The van der Waals surface area contributed by atoms with Gasteiger partial charge in [-0.25, -0.2) is 0 Å². The molecule has 1 aromatic heterocycles. The number of nitrogens with zero attached hydrogens (tertiary/aromatic N) is 2. The molecule has 0 aliphatic heterocycles. The maximum atomic E-state index is 12.0. The average Bonchev–Trinajstić information content (AvgIpc) is 2.89. The lowest BCUT2D eigenvalue weighted by Gasteiger charge is -2.05. The minimum absolute atomic E-state index is 0.153. The molecule has 0 fully saturated rings. The first-order chi connectivity index (χ1) is 10.3. The average molecular weight is 341 g/mol. The fourth-order valence-electron chi connectivity index (χ4n) is 1.77. The zero-order valence-corrected chi connectivity index (χ0v) is 13.4. The molecule has 0 saturated heterocycles. The Morgan fingerprint density at radius 2 is 2.14 bits per heavy atom. The van der Waals surface area contributed by atoms with Crippen molar-refractivity contribution in [3.05, 3.63) is 34.8 Å². The van der Waals surface area contributed by atoms with Gasteiger partial charge in [0, 0.05) is 17.7 Å². The molecule has 0 atom stereocenters. The van der Waals surface area contributed by atoms with Gasteiger partial charge in [0.25, 0.3) is 16.0 Å². The molecular weight excluding hydrogens is 326 g/mol. The number of aryl methyl sites for hydroxylation is 1. The summed E-state index contributed by atoms with van der Waals surface area (Å²) in [7, 11) is -3.99. The Bertz CT molecular complexity index is 771. The third-order valence-corrected chi connectivity index (χ3v) is 4.45. The Labute approximate surface area is 132 Å². The number of carbonyl (C=O) groups is 1. The Kier molecular flexibility index (Phi) is 5.22. The van der Waals surface area contributed by atoms with Gasteiger partial charge < -0.3 is 5.32 Å². The number of aromatic nitrogens is 2. The molecule has 0 aliphatic rings. The van der Waals surface area contributed by atoms with E-state index in [0.29, 0.717) is 5.56 Å². The minimum Gasteiger partial charge on any atom is -0.352 e. The third-order valence-electron chi connectivity index (χ3n) is 2.76. The van der Waals surface area contributed by atoms with Crippen LogP contribution >= 0.6 is 11.3 Å².